The standard InChI is InChI=1S/C17H17N3O/c1-12-8-9-14(11-18-12)10-16-19-17(21-20-16)13(2)15-6-4-3-5-7-15/h3-9,11,13H,10H2,1-2H3. The van der Waals surface area contributed by atoms with Crippen LogP contribution < -0.4 is 0 Å². The number of rotatable bonds is 4. The van der Waals surface area contributed by atoms with E-state index in [0.717, 1.165) is 11.3 Å². The van der Waals surface area contributed by atoms with Crippen molar-refractivity contribution in [3.8, 4) is 0 Å². The summed E-state index contributed by atoms with van der Waals surface area (Å²) in [6.07, 6.45) is 2.49. The van der Waals surface area contributed by atoms with Crippen molar-refractivity contribution in [1.29, 1.82) is 0 Å². The van der Waals surface area contributed by atoms with Gasteiger partial charge < -0.3 is 4.52 Å². The molecule has 0 aliphatic carbocycles. The molecule has 0 amide bonds. The summed E-state index contributed by atoms with van der Waals surface area (Å²) >= 11 is 0. The van der Waals surface area contributed by atoms with E-state index in [1.165, 1.54) is 5.56 Å². The van der Waals surface area contributed by atoms with Gasteiger partial charge in [0.1, 0.15) is 0 Å². The lowest BCUT2D eigenvalue weighted by Gasteiger charge is -2.05. The van der Waals surface area contributed by atoms with E-state index in [1.807, 2.05) is 43.5 Å². The fourth-order valence-electron chi connectivity index (χ4n) is 2.19. The first kappa shape index (κ1) is 13.5. The van der Waals surface area contributed by atoms with Gasteiger partial charge in [-0.15, -0.1) is 0 Å². The molecule has 0 aliphatic rings. The molecule has 4 nitrogen and oxygen atoms in total. The smallest absolute Gasteiger partial charge is 0.233 e. The zero-order valence-electron chi connectivity index (χ0n) is 12.2. The van der Waals surface area contributed by atoms with E-state index in [1.54, 1.807) is 0 Å². The molecular weight excluding hydrogens is 262 g/mol. The maximum atomic E-state index is 5.40. The van der Waals surface area contributed by atoms with Crippen molar-refractivity contribution in [2.24, 2.45) is 0 Å². The number of nitrogens with zero attached hydrogens (tertiary/aromatic N) is 3. The van der Waals surface area contributed by atoms with Crippen LogP contribution >= 0.6 is 0 Å². The van der Waals surface area contributed by atoms with Gasteiger partial charge >= 0.3 is 0 Å². The van der Waals surface area contributed by atoms with E-state index >= 15 is 0 Å². The minimum Gasteiger partial charge on any atom is -0.339 e. The Labute approximate surface area is 123 Å². The molecule has 0 spiro atoms. The molecule has 0 saturated carbocycles. The van der Waals surface area contributed by atoms with E-state index < -0.39 is 0 Å². The summed E-state index contributed by atoms with van der Waals surface area (Å²) in [5.41, 5.74) is 3.26. The molecule has 3 aromatic rings. The Kier molecular flexibility index (Phi) is 3.77. The van der Waals surface area contributed by atoms with Gasteiger partial charge in [0.15, 0.2) is 5.82 Å². The molecule has 0 aliphatic heterocycles. The predicted octanol–water partition coefficient (Wildman–Crippen LogP) is 3.52. The molecule has 21 heavy (non-hydrogen) atoms. The maximum Gasteiger partial charge on any atom is 0.233 e. The highest BCUT2D eigenvalue weighted by Gasteiger charge is 2.16. The first-order valence-corrected chi connectivity index (χ1v) is 7.01. The van der Waals surface area contributed by atoms with Crippen molar-refractivity contribution >= 4 is 0 Å². The van der Waals surface area contributed by atoms with Gasteiger partial charge in [-0.25, -0.2) is 0 Å². The molecule has 0 N–H and O–H groups in total. The second-order valence-corrected chi connectivity index (χ2v) is 5.17. The van der Waals surface area contributed by atoms with Gasteiger partial charge in [-0.3, -0.25) is 4.98 Å². The SMILES string of the molecule is Cc1ccc(Cc2noc(C(C)c3ccccc3)n2)cn1. The van der Waals surface area contributed by atoms with Gasteiger partial charge in [-0.2, -0.15) is 4.98 Å². The monoisotopic (exact) mass is 279 g/mol. The number of benzene rings is 1. The van der Waals surface area contributed by atoms with Crippen LogP contribution in [0.15, 0.2) is 53.2 Å². The van der Waals surface area contributed by atoms with Crippen LogP contribution in [0, 0.1) is 6.92 Å². The van der Waals surface area contributed by atoms with Crippen molar-refractivity contribution in [2.75, 3.05) is 0 Å². The average molecular weight is 279 g/mol. The summed E-state index contributed by atoms with van der Waals surface area (Å²) in [7, 11) is 0. The third kappa shape index (κ3) is 3.16. The van der Waals surface area contributed by atoms with Crippen LogP contribution in [0.25, 0.3) is 0 Å². The van der Waals surface area contributed by atoms with Crippen LogP contribution in [-0.4, -0.2) is 15.1 Å². The second kappa shape index (κ2) is 5.87. The van der Waals surface area contributed by atoms with Crippen molar-refractivity contribution < 1.29 is 4.52 Å². The van der Waals surface area contributed by atoms with Gasteiger partial charge in [-0.05, 0) is 31.0 Å². The highest BCUT2D eigenvalue weighted by Crippen LogP contribution is 2.22. The third-order valence-electron chi connectivity index (χ3n) is 3.49. The van der Waals surface area contributed by atoms with Crippen LogP contribution in [0.2, 0.25) is 0 Å². The average Bonchev–Trinajstić information content (AvgIpc) is 2.98. The number of hydrogen-bond acceptors (Lipinski definition) is 4. The molecule has 106 valence electrons. The van der Waals surface area contributed by atoms with E-state index in [9.17, 15) is 0 Å². The minimum atomic E-state index is 0.101. The fourth-order valence-corrected chi connectivity index (χ4v) is 2.19. The largest absolute Gasteiger partial charge is 0.339 e. The number of aryl methyl sites for hydroxylation is 1. The number of aromatic nitrogens is 3. The Morgan fingerprint density at radius 3 is 2.62 bits per heavy atom. The minimum absolute atomic E-state index is 0.101. The van der Waals surface area contributed by atoms with Crippen LogP contribution in [0.5, 0.6) is 0 Å². The summed E-state index contributed by atoms with van der Waals surface area (Å²) in [5, 5.41) is 4.07. The summed E-state index contributed by atoms with van der Waals surface area (Å²) in [4.78, 5) is 8.78. The Morgan fingerprint density at radius 1 is 1.10 bits per heavy atom. The van der Waals surface area contributed by atoms with Crippen LogP contribution in [0.3, 0.4) is 0 Å². The molecule has 0 saturated heterocycles. The summed E-state index contributed by atoms with van der Waals surface area (Å²) in [5.74, 6) is 1.44. The third-order valence-corrected chi connectivity index (χ3v) is 3.49. The molecule has 0 radical (unpaired) electrons. The fraction of sp³-hybridized carbons (Fsp3) is 0.235. The van der Waals surface area contributed by atoms with Gasteiger partial charge in [-0.1, -0.05) is 41.6 Å². The molecule has 0 fully saturated rings. The molecule has 2 aromatic heterocycles. The molecule has 4 heteroatoms. The van der Waals surface area contributed by atoms with Crippen LogP contribution in [0.1, 0.15) is 41.4 Å². The number of hydrogen-bond donors (Lipinski definition) is 0. The van der Waals surface area contributed by atoms with E-state index in [0.29, 0.717) is 18.1 Å². The normalized spacial score (nSPS) is 12.3. The van der Waals surface area contributed by atoms with Crippen molar-refractivity contribution in [2.45, 2.75) is 26.2 Å². The lowest BCUT2D eigenvalue weighted by atomic mass is 10.0. The Bertz CT molecular complexity index is 704. The lowest BCUT2D eigenvalue weighted by molar-refractivity contribution is 0.366. The molecule has 2 heterocycles. The van der Waals surface area contributed by atoms with Gasteiger partial charge in [0.05, 0.1) is 5.92 Å². The van der Waals surface area contributed by atoms with E-state index in [4.69, 9.17) is 4.52 Å². The molecule has 1 unspecified atom stereocenters. The lowest BCUT2D eigenvalue weighted by Crippen LogP contribution is -1.97. The van der Waals surface area contributed by atoms with Gasteiger partial charge in [0, 0.05) is 18.3 Å². The first-order valence-electron chi connectivity index (χ1n) is 7.01. The topological polar surface area (TPSA) is 51.8 Å². The summed E-state index contributed by atoms with van der Waals surface area (Å²) in [6, 6.07) is 14.2. The predicted molar refractivity (Wildman–Crippen MR) is 80.0 cm³/mol. The molecule has 3 rings (SSSR count). The van der Waals surface area contributed by atoms with Crippen molar-refractivity contribution in [1.82, 2.24) is 15.1 Å². The first-order chi connectivity index (χ1) is 10.2. The molecule has 0 bridgehead atoms. The molecule has 1 aromatic carbocycles. The summed E-state index contributed by atoms with van der Waals surface area (Å²) in [6.45, 7) is 4.04. The van der Waals surface area contributed by atoms with Gasteiger partial charge in [0.25, 0.3) is 0 Å². The summed E-state index contributed by atoms with van der Waals surface area (Å²) < 4.78 is 5.40. The number of pyridine rings is 1. The Balaban J connectivity index is 1.75. The van der Waals surface area contributed by atoms with E-state index in [-0.39, 0.29) is 5.92 Å². The Morgan fingerprint density at radius 2 is 1.90 bits per heavy atom. The highest BCUT2D eigenvalue weighted by atomic mass is 16.5. The Hall–Kier alpha value is -2.49. The highest BCUT2D eigenvalue weighted by molar-refractivity contribution is 5.24. The van der Waals surface area contributed by atoms with Crippen molar-refractivity contribution in [3.05, 3.63) is 77.2 Å². The van der Waals surface area contributed by atoms with Crippen molar-refractivity contribution in [3.63, 3.8) is 0 Å². The molecule has 1 atom stereocenters. The van der Waals surface area contributed by atoms with Crippen LogP contribution in [-0.2, 0) is 6.42 Å². The van der Waals surface area contributed by atoms with E-state index in [2.05, 4.69) is 34.2 Å². The molecular formula is C17H17N3O. The quantitative estimate of drug-likeness (QED) is 0.733. The van der Waals surface area contributed by atoms with Gasteiger partial charge in [0.2, 0.25) is 5.89 Å². The maximum absolute atomic E-state index is 5.40. The van der Waals surface area contributed by atoms with Crippen LogP contribution in [0.4, 0.5) is 0 Å². The second-order valence-electron chi connectivity index (χ2n) is 5.17. The zero-order valence-corrected chi connectivity index (χ0v) is 12.2. The zero-order chi connectivity index (χ0) is 14.7.